The van der Waals surface area contributed by atoms with Crippen molar-refractivity contribution < 1.29 is 4.74 Å². The van der Waals surface area contributed by atoms with Gasteiger partial charge in [0.1, 0.15) is 0 Å². The molecule has 2 aliphatic rings. The van der Waals surface area contributed by atoms with Gasteiger partial charge in [-0.1, -0.05) is 24.4 Å². The fourth-order valence-corrected chi connectivity index (χ4v) is 3.48. The average Bonchev–Trinajstić information content (AvgIpc) is 3.07. The highest BCUT2D eigenvalue weighted by molar-refractivity contribution is 14.0. The third-order valence-corrected chi connectivity index (χ3v) is 4.76. The van der Waals surface area contributed by atoms with Gasteiger partial charge in [0.15, 0.2) is 5.96 Å². The third-order valence-electron chi connectivity index (χ3n) is 4.52. The number of hydrogen-bond donors (Lipinski definition) is 2. The standard InChI is InChI=1S/C17H25ClN4O.HI/c18-14-5-6-16(22-7-9-23-10-8-22)13(11-14)12-20-17(19)21-15-3-1-2-4-15;/h5-6,11,15H,1-4,7-10,12H2,(H3,19,20,21);1H. The van der Waals surface area contributed by atoms with Crippen LogP contribution in [0, 0.1) is 0 Å². The zero-order valence-corrected chi connectivity index (χ0v) is 16.9. The summed E-state index contributed by atoms with van der Waals surface area (Å²) in [5.41, 5.74) is 8.32. The fraction of sp³-hybridized carbons (Fsp3) is 0.588. The van der Waals surface area contributed by atoms with E-state index in [-0.39, 0.29) is 24.0 Å². The molecule has 0 unspecified atom stereocenters. The van der Waals surface area contributed by atoms with Crippen LogP contribution in [0.15, 0.2) is 23.2 Å². The third kappa shape index (κ3) is 5.39. The molecule has 0 spiro atoms. The van der Waals surface area contributed by atoms with E-state index < -0.39 is 0 Å². The number of anilines is 1. The van der Waals surface area contributed by atoms with E-state index in [1.165, 1.54) is 31.4 Å². The highest BCUT2D eigenvalue weighted by Crippen LogP contribution is 2.26. The number of halogens is 2. The normalized spacial score (nSPS) is 19.2. The Hall–Kier alpha value is -0.730. The molecule has 1 aliphatic heterocycles. The lowest BCUT2D eigenvalue weighted by Gasteiger charge is -2.30. The molecule has 2 fully saturated rings. The minimum atomic E-state index is 0. The van der Waals surface area contributed by atoms with E-state index >= 15 is 0 Å². The number of nitrogens with two attached hydrogens (primary N) is 1. The van der Waals surface area contributed by atoms with E-state index in [4.69, 9.17) is 22.1 Å². The Labute approximate surface area is 166 Å². The van der Waals surface area contributed by atoms with Crippen molar-refractivity contribution in [2.75, 3.05) is 31.2 Å². The van der Waals surface area contributed by atoms with Crippen molar-refractivity contribution in [3.05, 3.63) is 28.8 Å². The maximum absolute atomic E-state index is 6.17. The molecule has 1 saturated heterocycles. The molecular formula is C17H26ClIN4O. The molecule has 1 aromatic rings. The second kappa shape index (κ2) is 9.68. The molecule has 1 saturated carbocycles. The maximum Gasteiger partial charge on any atom is 0.189 e. The first kappa shape index (κ1) is 19.6. The average molecular weight is 465 g/mol. The molecule has 3 N–H and O–H groups in total. The monoisotopic (exact) mass is 464 g/mol. The number of nitrogens with zero attached hydrogens (tertiary/aromatic N) is 2. The van der Waals surface area contributed by atoms with Crippen molar-refractivity contribution in [1.82, 2.24) is 5.32 Å². The summed E-state index contributed by atoms with van der Waals surface area (Å²) in [7, 11) is 0. The van der Waals surface area contributed by atoms with Gasteiger partial charge in [-0.25, -0.2) is 4.99 Å². The molecule has 0 bridgehead atoms. The maximum atomic E-state index is 6.17. The van der Waals surface area contributed by atoms with Crippen molar-refractivity contribution in [3.8, 4) is 0 Å². The summed E-state index contributed by atoms with van der Waals surface area (Å²) in [6, 6.07) is 6.47. The zero-order chi connectivity index (χ0) is 16.1. The summed E-state index contributed by atoms with van der Waals surface area (Å²) < 4.78 is 5.43. The molecule has 5 nitrogen and oxygen atoms in total. The second-order valence-electron chi connectivity index (χ2n) is 6.20. The Balaban J connectivity index is 0.00000208. The zero-order valence-electron chi connectivity index (χ0n) is 13.8. The summed E-state index contributed by atoms with van der Waals surface area (Å²) in [5, 5.41) is 4.05. The lowest BCUT2D eigenvalue weighted by atomic mass is 10.1. The van der Waals surface area contributed by atoms with Crippen LogP contribution in [0.2, 0.25) is 5.02 Å². The number of morpholine rings is 1. The Morgan fingerprint density at radius 3 is 2.71 bits per heavy atom. The summed E-state index contributed by atoms with van der Waals surface area (Å²) in [6.45, 7) is 3.86. The summed E-state index contributed by atoms with van der Waals surface area (Å²) in [4.78, 5) is 6.85. The summed E-state index contributed by atoms with van der Waals surface area (Å²) in [5.74, 6) is 0.532. The van der Waals surface area contributed by atoms with Crippen LogP contribution >= 0.6 is 35.6 Å². The van der Waals surface area contributed by atoms with Crippen LogP contribution in [0.1, 0.15) is 31.2 Å². The first-order chi connectivity index (χ1) is 11.2. The van der Waals surface area contributed by atoms with Gasteiger partial charge >= 0.3 is 0 Å². The Morgan fingerprint density at radius 2 is 2.00 bits per heavy atom. The second-order valence-corrected chi connectivity index (χ2v) is 6.64. The van der Waals surface area contributed by atoms with E-state index in [1.54, 1.807) is 0 Å². The Morgan fingerprint density at radius 1 is 1.29 bits per heavy atom. The predicted molar refractivity (Wildman–Crippen MR) is 111 cm³/mol. The molecule has 0 amide bonds. The molecule has 134 valence electrons. The van der Waals surface area contributed by atoms with Gasteiger partial charge in [-0.05, 0) is 36.6 Å². The first-order valence-electron chi connectivity index (χ1n) is 8.40. The lowest BCUT2D eigenvalue weighted by molar-refractivity contribution is 0.122. The minimum absolute atomic E-state index is 0. The first-order valence-corrected chi connectivity index (χ1v) is 8.78. The van der Waals surface area contributed by atoms with Gasteiger partial charge in [-0.3, -0.25) is 0 Å². The molecule has 0 atom stereocenters. The highest BCUT2D eigenvalue weighted by atomic mass is 127. The minimum Gasteiger partial charge on any atom is -0.378 e. The van der Waals surface area contributed by atoms with Crippen LogP contribution in [-0.2, 0) is 11.3 Å². The van der Waals surface area contributed by atoms with Crippen LogP contribution in [0.3, 0.4) is 0 Å². The summed E-state index contributed by atoms with van der Waals surface area (Å²) in [6.07, 6.45) is 4.93. The van der Waals surface area contributed by atoms with E-state index in [9.17, 15) is 0 Å². The molecule has 7 heteroatoms. The quantitative estimate of drug-likeness (QED) is 0.408. The van der Waals surface area contributed by atoms with Gasteiger partial charge in [0.2, 0.25) is 0 Å². The van der Waals surface area contributed by atoms with Gasteiger partial charge < -0.3 is 20.7 Å². The molecular weight excluding hydrogens is 439 g/mol. The van der Waals surface area contributed by atoms with Crippen molar-refractivity contribution in [1.29, 1.82) is 0 Å². The molecule has 1 heterocycles. The van der Waals surface area contributed by atoms with Crippen LogP contribution in [0.4, 0.5) is 5.69 Å². The van der Waals surface area contributed by atoms with Crippen molar-refractivity contribution in [2.45, 2.75) is 38.3 Å². The topological polar surface area (TPSA) is 62.9 Å². The van der Waals surface area contributed by atoms with E-state index in [0.717, 1.165) is 36.9 Å². The highest BCUT2D eigenvalue weighted by Gasteiger charge is 2.16. The number of aliphatic imine (C=N–C) groups is 1. The van der Waals surface area contributed by atoms with Crippen LogP contribution < -0.4 is 16.0 Å². The van der Waals surface area contributed by atoms with Crippen LogP contribution in [-0.4, -0.2) is 38.3 Å². The van der Waals surface area contributed by atoms with Crippen LogP contribution in [0.25, 0.3) is 0 Å². The largest absolute Gasteiger partial charge is 0.378 e. The lowest BCUT2D eigenvalue weighted by Crippen LogP contribution is -2.38. The van der Waals surface area contributed by atoms with Crippen molar-refractivity contribution in [2.24, 2.45) is 10.7 Å². The van der Waals surface area contributed by atoms with Gasteiger partial charge in [-0.15, -0.1) is 24.0 Å². The van der Waals surface area contributed by atoms with E-state index in [2.05, 4.69) is 21.3 Å². The fourth-order valence-electron chi connectivity index (χ4n) is 3.29. The molecule has 0 aromatic heterocycles. The number of hydrogen-bond acceptors (Lipinski definition) is 3. The molecule has 24 heavy (non-hydrogen) atoms. The van der Waals surface area contributed by atoms with Gasteiger partial charge in [-0.2, -0.15) is 0 Å². The van der Waals surface area contributed by atoms with E-state index in [0.29, 0.717) is 18.5 Å². The number of rotatable bonds is 4. The molecule has 1 aliphatic carbocycles. The number of nitrogens with one attached hydrogen (secondary N) is 1. The molecule has 3 rings (SSSR count). The van der Waals surface area contributed by atoms with Gasteiger partial charge in [0.25, 0.3) is 0 Å². The molecule has 0 radical (unpaired) electrons. The Bertz CT molecular complexity index is 558. The van der Waals surface area contributed by atoms with Gasteiger partial charge in [0, 0.05) is 29.8 Å². The molecule has 1 aromatic carbocycles. The predicted octanol–water partition coefficient (Wildman–Crippen LogP) is 3.14. The Kier molecular flexibility index (Phi) is 7.90. The number of benzene rings is 1. The number of ether oxygens (including phenoxy) is 1. The van der Waals surface area contributed by atoms with Gasteiger partial charge in [0.05, 0.1) is 19.8 Å². The van der Waals surface area contributed by atoms with E-state index in [1.807, 2.05) is 12.1 Å². The van der Waals surface area contributed by atoms with Crippen molar-refractivity contribution in [3.63, 3.8) is 0 Å². The smallest absolute Gasteiger partial charge is 0.189 e. The van der Waals surface area contributed by atoms with Crippen molar-refractivity contribution >= 4 is 47.2 Å². The SMILES string of the molecule is I.NC(=NCc1cc(Cl)ccc1N1CCOCC1)NC1CCCC1. The van der Waals surface area contributed by atoms with Crippen LogP contribution in [0.5, 0.6) is 0 Å². The summed E-state index contributed by atoms with van der Waals surface area (Å²) >= 11 is 6.17. The number of guanidine groups is 1.